The first-order chi connectivity index (χ1) is 16.1. The number of hydrogen-bond acceptors (Lipinski definition) is 6. The molecule has 3 heterocycles. The van der Waals surface area contributed by atoms with Crippen LogP contribution in [0.3, 0.4) is 0 Å². The number of imidazole rings is 1. The van der Waals surface area contributed by atoms with E-state index >= 15 is 0 Å². The highest BCUT2D eigenvalue weighted by molar-refractivity contribution is 7.89. The van der Waals surface area contributed by atoms with Gasteiger partial charge in [0.1, 0.15) is 5.82 Å². The zero-order valence-electron chi connectivity index (χ0n) is 20.7. The van der Waals surface area contributed by atoms with Crippen LogP contribution in [0, 0.1) is 11.8 Å². The topological polar surface area (TPSA) is 90.7 Å². The van der Waals surface area contributed by atoms with Gasteiger partial charge in [0.15, 0.2) is 0 Å². The fourth-order valence-corrected chi connectivity index (χ4v) is 6.52. The Morgan fingerprint density at radius 1 is 1.21 bits per heavy atom. The number of piperidine rings is 1. The lowest BCUT2D eigenvalue weighted by atomic mass is 9.94. The van der Waals surface area contributed by atoms with E-state index in [1.54, 1.807) is 19.1 Å². The number of aromatic nitrogens is 2. The van der Waals surface area contributed by atoms with Gasteiger partial charge in [0, 0.05) is 38.3 Å². The minimum absolute atomic E-state index is 0.157. The molecule has 2 fully saturated rings. The van der Waals surface area contributed by atoms with Gasteiger partial charge >= 0.3 is 5.97 Å². The molecule has 0 aliphatic carbocycles. The number of carbonyl (C=O) groups is 1. The second kappa shape index (κ2) is 9.95. The summed E-state index contributed by atoms with van der Waals surface area (Å²) in [5.41, 5.74) is 1.47. The Labute approximate surface area is 202 Å². The van der Waals surface area contributed by atoms with Crippen molar-refractivity contribution in [2.75, 3.05) is 32.9 Å². The third-order valence-corrected chi connectivity index (χ3v) is 8.68. The van der Waals surface area contributed by atoms with Crippen molar-refractivity contribution in [2.24, 2.45) is 11.8 Å². The van der Waals surface area contributed by atoms with Gasteiger partial charge in [-0.1, -0.05) is 20.8 Å². The Morgan fingerprint density at radius 3 is 2.62 bits per heavy atom. The molecule has 8 nitrogen and oxygen atoms in total. The van der Waals surface area contributed by atoms with Crippen molar-refractivity contribution in [3.05, 3.63) is 24.0 Å². The highest BCUT2D eigenvalue weighted by Crippen LogP contribution is 2.32. The lowest BCUT2D eigenvalue weighted by Gasteiger charge is -2.30. The molecule has 0 bridgehead atoms. The zero-order valence-corrected chi connectivity index (χ0v) is 21.6. The maximum Gasteiger partial charge on any atom is 0.310 e. The van der Waals surface area contributed by atoms with Crippen LogP contribution in [0.15, 0.2) is 23.1 Å². The van der Waals surface area contributed by atoms with Crippen molar-refractivity contribution in [1.82, 2.24) is 13.9 Å². The first-order valence-corrected chi connectivity index (χ1v) is 13.8. The number of hydrogen-bond donors (Lipinski definition) is 0. The molecule has 2 aromatic rings. The van der Waals surface area contributed by atoms with Crippen LogP contribution in [0.2, 0.25) is 0 Å². The first-order valence-electron chi connectivity index (χ1n) is 12.4. The smallest absolute Gasteiger partial charge is 0.310 e. The fraction of sp³-hybridized carbons (Fsp3) is 0.680. The summed E-state index contributed by atoms with van der Waals surface area (Å²) in [7, 11) is -3.74. The maximum absolute atomic E-state index is 13.5. The van der Waals surface area contributed by atoms with Gasteiger partial charge in [-0.25, -0.2) is 13.4 Å². The molecule has 188 valence electrons. The lowest BCUT2D eigenvalue weighted by molar-refractivity contribution is -0.149. The fourth-order valence-electron chi connectivity index (χ4n) is 4.98. The molecule has 2 aliphatic rings. The van der Waals surface area contributed by atoms with E-state index in [0.29, 0.717) is 37.4 Å². The molecular formula is C25H37N3O5S. The average Bonchev–Trinajstić information content (AvgIpc) is 3.18. The number of carbonyl (C=O) groups excluding carboxylic acids is 1. The molecule has 34 heavy (non-hydrogen) atoms. The predicted octanol–water partition coefficient (Wildman–Crippen LogP) is 3.72. The van der Waals surface area contributed by atoms with E-state index in [0.717, 1.165) is 43.9 Å². The number of benzene rings is 1. The molecule has 4 rings (SSSR count). The molecule has 0 radical (unpaired) electrons. The Balaban J connectivity index is 1.65. The number of rotatable bonds is 6. The van der Waals surface area contributed by atoms with E-state index < -0.39 is 15.9 Å². The van der Waals surface area contributed by atoms with E-state index in [1.807, 2.05) is 6.07 Å². The number of sulfonamides is 1. The normalized spacial score (nSPS) is 21.1. The Kier molecular flexibility index (Phi) is 7.36. The standard InChI is InChI=1S/C25H37N3O5S/c1-5-33-23(29)19-7-6-12-27(17-19)34(30,31)20-8-9-22-21(15-20)26-24(25(2,3)4)28(22)16-18-10-13-32-14-11-18/h8-9,15,18-19H,5-7,10-14,16-17H2,1-4H3. The zero-order chi connectivity index (χ0) is 24.5. The molecule has 0 N–H and O–H groups in total. The Hall–Kier alpha value is -1.97. The van der Waals surface area contributed by atoms with Crippen molar-refractivity contribution in [3.63, 3.8) is 0 Å². The highest BCUT2D eigenvalue weighted by atomic mass is 32.2. The van der Waals surface area contributed by atoms with E-state index in [2.05, 4.69) is 25.3 Å². The van der Waals surface area contributed by atoms with Crippen LogP contribution in [-0.4, -0.2) is 61.2 Å². The summed E-state index contributed by atoms with van der Waals surface area (Å²) in [6.07, 6.45) is 3.33. The molecule has 9 heteroatoms. The minimum Gasteiger partial charge on any atom is -0.466 e. The van der Waals surface area contributed by atoms with Crippen LogP contribution < -0.4 is 0 Å². The van der Waals surface area contributed by atoms with Gasteiger partial charge < -0.3 is 14.0 Å². The monoisotopic (exact) mass is 491 g/mol. The number of nitrogens with zero attached hydrogens (tertiary/aromatic N) is 3. The number of ether oxygens (including phenoxy) is 2. The molecule has 1 aromatic carbocycles. The van der Waals surface area contributed by atoms with Gasteiger partial charge in [0.2, 0.25) is 10.0 Å². The van der Waals surface area contributed by atoms with Gasteiger partial charge in [-0.2, -0.15) is 4.31 Å². The average molecular weight is 492 g/mol. The molecular weight excluding hydrogens is 454 g/mol. The predicted molar refractivity (Wildman–Crippen MR) is 130 cm³/mol. The van der Waals surface area contributed by atoms with Gasteiger partial charge in [-0.3, -0.25) is 4.79 Å². The van der Waals surface area contributed by atoms with Crippen molar-refractivity contribution in [2.45, 2.75) is 70.2 Å². The quantitative estimate of drug-likeness (QED) is 0.572. The second-order valence-corrected chi connectivity index (χ2v) is 12.4. The van der Waals surface area contributed by atoms with Crippen LogP contribution in [0.5, 0.6) is 0 Å². The molecule has 1 atom stereocenters. The summed E-state index contributed by atoms with van der Waals surface area (Å²) in [4.78, 5) is 17.3. The van der Waals surface area contributed by atoms with E-state index in [1.165, 1.54) is 4.31 Å². The van der Waals surface area contributed by atoms with Gasteiger partial charge in [0.05, 0.1) is 28.5 Å². The van der Waals surface area contributed by atoms with Crippen molar-refractivity contribution >= 4 is 27.0 Å². The van der Waals surface area contributed by atoms with E-state index in [-0.39, 0.29) is 22.8 Å². The second-order valence-electron chi connectivity index (χ2n) is 10.5. The third-order valence-electron chi connectivity index (χ3n) is 6.81. The van der Waals surface area contributed by atoms with Gasteiger partial charge in [-0.05, 0) is 56.7 Å². The number of esters is 1. The van der Waals surface area contributed by atoms with Crippen LogP contribution in [0.1, 0.15) is 59.2 Å². The number of fused-ring (bicyclic) bond motifs is 1. The summed E-state index contributed by atoms with van der Waals surface area (Å²) in [5, 5.41) is 0. The van der Waals surface area contributed by atoms with Gasteiger partial charge in [-0.15, -0.1) is 0 Å². The van der Waals surface area contributed by atoms with Gasteiger partial charge in [0.25, 0.3) is 0 Å². The lowest BCUT2D eigenvalue weighted by Crippen LogP contribution is -2.42. The summed E-state index contributed by atoms with van der Waals surface area (Å²) < 4.78 is 41.3. The van der Waals surface area contributed by atoms with Crippen LogP contribution in [0.4, 0.5) is 0 Å². The molecule has 2 aliphatic heterocycles. The van der Waals surface area contributed by atoms with Crippen molar-refractivity contribution in [1.29, 1.82) is 0 Å². The van der Waals surface area contributed by atoms with E-state index in [9.17, 15) is 13.2 Å². The van der Waals surface area contributed by atoms with Crippen molar-refractivity contribution in [3.8, 4) is 0 Å². The SMILES string of the molecule is CCOC(=O)C1CCCN(S(=O)(=O)c2ccc3c(c2)nc(C(C)(C)C)n3CC2CCOCC2)C1. The molecule has 1 unspecified atom stereocenters. The van der Waals surface area contributed by atoms with Crippen LogP contribution in [0.25, 0.3) is 11.0 Å². The molecule has 2 saturated heterocycles. The summed E-state index contributed by atoms with van der Waals surface area (Å²) in [6.45, 7) is 11.4. The molecule has 1 aromatic heterocycles. The molecule has 0 saturated carbocycles. The summed E-state index contributed by atoms with van der Waals surface area (Å²) in [5.74, 6) is 0.741. The molecule has 0 amide bonds. The first kappa shape index (κ1) is 25.1. The Morgan fingerprint density at radius 2 is 1.94 bits per heavy atom. The maximum atomic E-state index is 13.5. The molecule has 0 spiro atoms. The van der Waals surface area contributed by atoms with Crippen molar-refractivity contribution < 1.29 is 22.7 Å². The minimum atomic E-state index is -3.74. The summed E-state index contributed by atoms with van der Waals surface area (Å²) in [6, 6.07) is 5.26. The van der Waals surface area contributed by atoms with Crippen LogP contribution >= 0.6 is 0 Å². The largest absolute Gasteiger partial charge is 0.466 e. The van der Waals surface area contributed by atoms with Crippen LogP contribution in [-0.2, 0) is 36.3 Å². The highest BCUT2D eigenvalue weighted by Gasteiger charge is 2.34. The Bertz CT molecular complexity index is 1130. The van der Waals surface area contributed by atoms with E-state index in [4.69, 9.17) is 14.5 Å². The third kappa shape index (κ3) is 5.16. The summed E-state index contributed by atoms with van der Waals surface area (Å²) >= 11 is 0.